The fourth-order valence-electron chi connectivity index (χ4n) is 1.37. The molecule has 0 saturated heterocycles. The zero-order chi connectivity index (χ0) is 13.7. The molecule has 0 amide bonds. The lowest BCUT2D eigenvalue weighted by atomic mass is 10.0. The van der Waals surface area contributed by atoms with Crippen molar-refractivity contribution in [3.63, 3.8) is 0 Å². The summed E-state index contributed by atoms with van der Waals surface area (Å²) >= 11 is 0. The molecular weight excluding hydrogens is 238 g/mol. The van der Waals surface area contributed by atoms with Crippen LogP contribution in [-0.2, 0) is 10.1 Å². The molecule has 4 nitrogen and oxygen atoms in total. The highest BCUT2D eigenvalue weighted by atomic mass is 32.2. The van der Waals surface area contributed by atoms with Crippen molar-refractivity contribution in [3.8, 4) is 0 Å². The largest absolute Gasteiger partial charge is 0.323 e. The molecule has 0 aliphatic rings. The van der Waals surface area contributed by atoms with E-state index in [1.807, 2.05) is 14.1 Å². The molecule has 0 aliphatic heterocycles. The summed E-state index contributed by atoms with van der Waals surface area (Å²) in [5.74, 6) is 0.671. The molecule has 0 saturated carbocycles. The molecule has 2 N–H and O–H groups in total. The van der Waals surface area contributed by atoms with E-state index in [0.29, 0.717) is 6.42 Å². The van der Waals surface area contributed by atoms with E-state index in [4.69, 9.17) is 4.55 Å². The van der Waals surface area contributed by atoms with Crippen molar-refractivity contribution in [1.29, 1.82) is 0 Å². The molecule has 0 spiro atoms. The molecule has 17 heavy (non-hydrogen) atoms. The van der Waals surface area contributed by atoms with Gasteiger partial charge in [-0.3, -0.25) is 4.55 Å². The smallest absolute Gasteiger partial charge is 0.264 e. The van der Waals surface area contributed by atoms with Crippen LogP contribution in [0.5, 0.6) is 0 Å². The first-order chi connectivity index (χ1) is 7.83. The molecule has 0 aliphatic carbocycles. The highest BCUT2D eigenvalue weighted by Crippen LogP contribution is 2.10. The van der Waals surface area contributed by atoms with Crippen molar-refractivity contribution in [1.82, 2.24) is 5.32 Å². The predicted octanol–water partition coefficient (Wildman–Crippen LogP) is 2.71. The van der Waals surface area contributed by atoms with Gasteiger partial charge < -0.3 is 5.32 Å². The Bertz CT molecular complexity index is 238. The molecule has 0 atom stereocenters. The second kappa shape index (κ2) is 12.3. The normalized spacial score (nSPS) is 11.2. The maximum atomic E-state index is 10.4. The Kier molecular flexibility index (Phi) is 13.9. The zero-order valence-corrected chi connectivity index (χ0v) is 12.5. The summed E-state index contributed by atoms with van der Waals surface area (Å²) in [5, 5.41) is 2.75. The van der Waals surface area contributed by atoms with Crippen LogP contribution in [0, 0.1) is 5.92 Å². The summed E-state index contributed by atoms with van der Waals surface area (Å²) in [6.07, 6.45) is 6.20. The van der Waals surface area contributed by atoms with E-state index >= 15 is 0 Å². The van der Waals surface area contributed by atoms with Crippen LogP contribution in [0.25, 0.3) is 0 Å². The Morgan fingerprint density at radius 2 is 1.41 bits per heavy atom. The maximum Gasteiger partial charge on any atom is 0.264 e. The summed E-state index contributed by atoms with van der Waals surface area (Å²) in [4.78, 5) is 0. The van der Waals surface area contributed by atoms with E-state index in [1.54, 1.807) is 0 Å². The number of unbranched alkanes of at least 4 members (excludes halogenated alkanes) is 4. The third kappa shape index (κ3) is 25.8. The van der Waals surface area contributed by atoms with Crippen LogP contribution in [0.3, 0.4) is 0 Å². The lowest BCUT2D eigenvalue weighted by Gasteiger charge is -2.03. The second-order valence-corrected chi connectivity index (χ2v) is 6.31. The summed E-state index contributed by atoms with van der Waals surface area (Å²) in [5.41, 5.74) is 0. The minimum Gasteiger partial charge on any atom is -0.323 e. The Morgan fingerprint density at radius 1 is 1.00 bits per heavy atom. The summed E-state index contributed by atoms with van der Waals surface area (Å²) in [6.45, 7) is 4.41. The lowest BCUT2D eigenvalue weighted by molar-refractivity contribution is 0.477. The molecule has 0 aromatic rings. The van der Waals surface area contributed by atoms with Crippen LogP contribution in [0.2, 0.25) is 0 Å². The SMILES string of the molecule is CC(C)CCCCCCCS(=O)(=O)O.CNC. The molecular formula is C12H29NO3S. The van der Waals surface area contributed by atoms with Crippen LogP contribution in [0.1, 0.15) is 52.4 Å². The van der Waals surface area contributed by atoms with Gasteiger partial charge in [0.05, 0.1) is 5.75 Å². The van der Waals surface area contributed by atoms with Crippen molar-refractivity contribution in [2.75, 3.05) is 19.8 Å². The molecule has 0 heterocycles. The van der Waals surface area contributed by atoms with Crippen LogP contribution < -0.4 is 5.32 Å². The highest BCUT2D eigenvalue weighted by molar-refractivity contribution is 7.85. The topological polar surface area (TPSA) is 66.4 Å². The fourth-order valence-corrected chi connectivity index (χ4v) is 1.94. The van der Waals surface area contributed by atoms with E-state index in [0.717, 1.165) is 18.8 Å². The minimum atomic E-state index is -3.73. The third-order valence-electron chi connectivity index (χ3n) is 2.18. The molecule has 106 valence electrons. The number of nitrogens with one attached hydrogen (secondary N) is 1. The van der Waals surface area contributed by atoms with Gasteiger partial charge in [0.2, 0.25) is 0 Å². The van der Waals surface area contributed by atoms with Crippen LogP contribution in [0.4, 0.5) is 0 Å². The van der Waals surface area contributed by atoms with Crippen molar-refractivity contribution in [2.45, 2.75) is 52.4 Å². The van der Waals surface area contributed by atoms with Crippen molar-refractivity contribution in [3.05, 3.63) is 0 Å². The monoisotopic (exact) mass is 267 g/mol. The predicted molar refractivity (Wildman–Crippen MR) is 73.9 cm³/mol. The van der Waals surface area contributed by atoms with Gasteiger partial charge in [0.15, 0.2) is 0 Å². The number of rotatable bonds is 8. The van der Waals surface area contributed by atoms with Gasteiger partial charge in [-0.2, -0.15) is 8.42 Å². The first kappa shape index (κ1) is 19.2. The average Bonchev–Trinajstić information content (AvgIpc) is 2.15. The quantitative estimate of drug-likeness (QED) is 0.524. The van der Waals surface area contributed by atoms with E-state index < -0.39 is 10.1 Å². The van der Waals surface area contributed by atoms with E-state index in [2.05, 4.69) is 19.2 Å². The fraction of sp³-hybridized carbons (Fsp3) is 1.00. The third-order valence-corrected chi connectivity index (χ3v) is 2.99. The lowest BCUT2D eigenvalue weighted by Crippen LogP contribution is -2.03. The molecule has 0 rings (SSSR count). The summed E-state index contributed by atoms with van der Waals surface area (Å²) < 4.78 is 29.2. The van der Waals surface area contributed by atoms with Gasteiger partial charge in [-0.05, 0) is 26.4 Å². The Hall–Kier alpha value is -0.130. The van der Waals surface area contributed by atoms with E-state index in [9.17, 15) is 8.42 Å². The molecule has 0 radical (unpaired) electrons. The molecule has 0 fully saturated rings. The molecule has 0 bridgehead atoms. The average molecular weight is 267 g/mol. The molecule has 0 aromatic heterocycles. The van der Waals surface area contributed by atoms with Crippen LogP contribution in [-0.4, -0.2) is 32.8 Å². The maximum absolute atomic E-state index is 10.4. The van der Waals surface area contributed by atoms with Gasteiger partial charge in [0.1, 0.15) is 0 Å². The Balaban J connectivity index is 0. The van der Waals surface area contributed by atoms with Crippen molar-refractivity contribution >= 4 is 10.1 Å². The Labute approximate surface area is 107 Å². The second-order valence-electron chi connectivity index (χ2n) is 4.74. The molecule has 0 aromatic carbocycles. The van der Waals surface area contributed by atoms with Crippen LogP contribution in [0.15, 0.2) is 0 Å². The van der Waals surface area contributed by atoms with Crippen LogP contribution >= 0.6 is 0 Å². The minimum absolute atomic E-state index is 0.0861. The van der Waals surface area contributed by atoms with Gasteiger partial charge in [-0.25, -0.2) is 0 Å². The van der Waals surface area contributed by atoms with Gasteiger partial charge in [-0.15, -0.1) is 0 Å². The summed E-state index contributed by atoms with van der Waals surface area (Å²) in [7, 11) is 0.0197. The summed E-state index contributed by atoms with van der Waals surface area (Å²) in [6, 6.07) is 0. The number of hydrogen-bond donors (Lipinski definition) is 2. The standard InChI is InChI=1S/C10H22O3S.C2H7N/c1-10(2)8-6-4-3-5-7-9-14(11,12)13;1-3-2/h10H,3-9H2,1-2H3,(H,11,12,13);3H,1-2H3. The van der Waals surface area contributed by atoms with E-state index in [1.165, 1.54) is 19.3 Å². The van der Waals surface area contributed by atoms with Crippen molar-refractivity contribution in [2.24, 2.45) is 5.92 Å². The number of hydrogen-bond acceptors (Lipinski definition) is 3. The Morgan fingerprint density at radius 3 is 1.82 bits per heavy atom. The van der Waals surface area contributed by atoms with Gasteiger partial charge in [0.25, 0.3) is 10.1 Å². The first-order valence-electron chi connectivity index (χ1n) is 6.37. The molecule has 5 heteroatoms. The van der Waals surface area contributed by atoms with Gasteiger partial charge in [0, 0.05) is 0 Å². The zero-order valence-electron chi connectivity index (χ0n) is 11.7. The highest BCUT2D eigenvalue weighted by Gasteiger charge is 2.02. The van der Waals surface area contributed by atoms with Gasteiger partial charge >= 0.3 is 0 Å². The first-order valence-corrected chi connectivity index (χ1v) is 7.98. The van der Waals surface area contributed by atoms with Gasteiger partial charge in [-0.1, -0.05) is 46.0 Å². The van der Waals surface area contributed by atoms with Crippen molar-refractivity contribution < 1.29 is 13.0 Å². The molecule has 0 unspecified atom stereocenters. The van der Waals surface area contributed by atoms with E-state index in [-0.39, 0.29) is 5.75 Å².